The van der Waals surface area contributed by atoms with Crippen LogP contribution in [0.1, 0.15) is 11.7 Å². The van der Waals surface area contributed by atoms with E-state index in [9.17, 15) is 4.79 Å². The Morgan fingerprint density at radius 3 is 2.67 bits per heavy atom. The van der Waals surface area contributed by atoms with Crippen LogP contribution in [0.25, 0.3) is 22.3 Å². The van der Waals surface area contributed by atoms with Crippen LogP contribution < -0.4 is 10.2 Å². The van der Waals surface area contributed by atoms with E-state index in [2.05, 4.69) is 6.58 Å². The molecule has 2 heterocycles. The topological polar surface area (TPSA) is 39.4 Å². The van der Waals surface area contributed by atoms with Crippen molar-refractivity contribution in [3.63, 3.8) is 0 Å². The van der Waals surface area contributed by atoms with Crippen LogP contribution in [0.4, 0.5) is 0 Å². The normalized spacial score (nSPS) is 15.9. The van der Waals surface area contributed by atoms with E-state index >= 15 is 0 Å². The van der Waals surface area contributed by atoms with Crippen LogP contribution in [-0.2, 0) is 0 Å². The van der Waals surface area contributed by atoms with E-state index in [1.165, 1.54) is 0 Å². The monoisotopic (exact) mass is 276 g/mol. The van der Waals surface area contributed by atoms with Gasteiger partial charge in [-0.2, -0.15) is 0 Å². The minimum absolute atomic E-state index is 0.0637. The molecule has 0 fully saturated rings. The van der Waals surface area contributed by atoms with Crippen molar-refractivity contribution in [1.82, 2.24) is 0 Å². The largest absolute Gasteiger partial charge is 0.481 e. The molecule has 1 aromatic heterocycles. The fourth-order valence-electron chi connectivity index (χ4n) is 2.73. The summed E-state index contributed by atoms with van der Waals surface area (Å²) in [7, 11) is 0. The highest BCUT2D eigenvalue weighted by Crippen LogP contribution is 2.42. The van der Waals surface area contributed by atoms with Gasteiger partial charge in [0, 0.05) is 0 Å². The summed E-state index contributed by atoms with van der Waals surface area (Å²) in [5, 5.41) is 0.561. The summed E-state index contributed by atoms with van der Waals surface area (Å²) in [6, 6.07) is 14.8. The highest BCUT2D eigenvalue weighted by molar-refractivity contribution is 5.82. The van der Waals surface area contributed by atoms with Crippen LogP contribution in [0.3, 0.4) is 0 Å². The first kappa shape index (κ1) is 12.0. The molecule has 3 nitrogen and oxygen atoms in total. The number of fused-ring (bicyclic) bond motifs is 4. The second-order valence-electron chi connectivity index (χ2n) is 4.94. The van der Waals surface area contributed by atoms with Crippen LogP contribution in [0.5, 0.6) is 5.75 Å². The Kier molecular flexibility index (Phi) is 2.48. The van der Waals surface area contributed by atoms with Gasteiger partial charge in [0.15, 0.2) is 0 Å². The lowest BCUT2D eigenvalue weighted by Gasteiger charge is -2.25. The molecule has 1 atom stereocenters. The van der Waals surface area contributed by atoms with Crippen molar-refractivity contribution in [2.75, 3.05) is 0 Å². The van der Waals surface area contributed by atoms with Crippen molar-refractivity contribution < 1.29 is 9.15 Å². The Labute approximate surface area is 121 Å². The van der Waals surface area contributed by atoms with Crippen LogP contribution in [0.2, 0.25) is 0 Å². The van der Waals surface area contributed by atoms with Crippen molar-refractivity contribution in [2.45, 2.75) is 6.10 Å². The second-order valence-corrected chi connectivity index (χ2v) is 4.94. The molecule has 0 bridgehead atoms. The van der Waals surface area contributed by atoms with Crippen molar-refractivity contribution in [1.29, 1.82) is 0 Å². The van der Waals surface area contributed by atoms with Gasteiger partial charge in [-0.05, 0) is 30.3 Å². The predicted molar refractivity (Wildman–Crippen MR) is 81.5 cm³/mol. The first-order valence-corrected chi connectivity index (χ1v) is 6.74. The van der Waals surface area contributed by atoms with Gasteiger partial charge in [-0.25, -0.2) is 0 Å². The molecular weight excluding hydrogens is 264 g/mol. The first-order chi connectivity index (χ1) is 10.3. The first-order valence-electron chi connectivity index (χ1n) is 6.74. The van der Waals surface area contributed by atoms with Gasteiger partial charge in [0.05, 0.1) is 16.5 Å². The third-order valence-corrected chi connectivity index (χ3v) is 3.72. The molecule has 3 heteroatoms. The SMILES string of the molecule is C=CC1Oc2ccccc2-c2oc3ccccc3c(=O)c21. The molecule has 0 radical (unpaired) electrons. The van der Waals surface area contributed by atoms with E-state index in [-0.39, 0.29) is 5.43 Å². The number of rotatable bonds is 1. The van der Waals surface area contributed by atoms with Gasteiger partial charge in [-0.15, -0.1) is 0 Å². The van der Waals surface area contributed by atoms with Gasteiger partial charge in [0.2, 0.25) is 5.43 Å². The van der Waals surface area contributed by atoms with Gasteiger partial charge >= 0.3 is 0 Å². The molecule has 1 aliphatic heterocycles. The number of benzene rings is 2. The molecule has 4 rings (SSSR count). The number of hydrogen-bond donors (Lipinski definition) is 0. The number of hydrogen-bond acceptors (Lipinski definition) is 3. The van der Waals surface area contributed by atoms with Crippen LogP contribution in [-0.4, -0.2) is 0 Å². The summed E-state index contributed by atoms with van der Waals surface area (Å²) in [6.07, 6.45) is 1.14. The Morgan fingerprint density at radius 1 is 1.05 bits per heavy atom. The van der Waals surface area contributed by atoms with Gasteiger partial charge in [-0.1, -0.05) is 30.8 Å². The Bertz CT molecular complexity index is 921. The molecule has 102 valence electrons. The molecule has 1 aliphatic rings. The molecule has 0 aliphatic carbocycles. The van der Waals surface area contributed by atoms with Crippen molar-refractivity contribution in [3.8, 4) is 17.1 Å². The molecule has 0 N–H and O–H groups in total. The predicted octanol–water partition coefficient (Wildman–Crippen LogP) is 4.08. The minimum Gasteiger partial charge on any atom is -0.481 e. The summed E-state index contributed by atoms with van der Waals surface area (Å²) in [6.45, 7) is 3.77. The molecule has 0 spiro atoms. The number of para-hydroxylation sites is 2. The summed E-state index contributed by atoms with van der Waals surface area (Å²) in [4.78, 5) is 12.8. The standard InChI is InChI=1S/C18H12O3/c1-2-13-16-17(19)11-7-3-5-9-14(11)21-18(16)12-8-4-6-10-15(12)20-13/h2-10,13H,1H2. The second kappa shape index (κ2) is 4.35. The van der Waals surface area contributed by atoms with Crippen LogP contribution in [0, 0.1) is 0 Å². The summed E-state index contributed by atoms with van der Waals surface area (Å²) in [5.41, 5.74) is 1.84. The van der Waals surface area contributed by atoms with Crippen LogP contribution >= 0.6 is 0 Å². The third kappa shape index (κ3) is 1.64. The molecular formula is C18H12O3. The molecule has 21 heavy (non-hydrogen) atoms. The summed E-state index contributed by atoms with van der Waals surface area (Å²) >= 11 is 0. The lowest BCUT2D eigenvalue weighted by molar-refractivity contribution is 0.246. The zero-order valence-corrected chi connectivity index (χ0v) is 11.2. The maximum absolute atomic E-state index is 12.8. The van der Waals surface area contributed by atoms with E-state index in [0.717, 1.165) is 5.56 Å². The molecule has 3 aromatic rings. The van der Waals surface area contributed by atoms with Gasteiger partial charge < -0.3 is 9.15 Å². The number of ether oxygens (including phenoxy) is 1. The molecule has 0 amide bonds. The summed E-state index contributed by atoms with van der Waals surface area (Å²) in [5.74, 6) is 1.28. The Balaban J connectivity index is 2.17. The van der Waals surface area contributed by atoms with Gasteiger partial charge in [-0.3, -0.25) is 4.79 Å². The molecule has 0 saturated heterocycles. The maximum atomic E-state index is 12.8. The third-order valence-electron chi connectivity index (χ3n) is 3.72. The van der Waals surface area contributed by atoms with E-state index in [1.807, 2.05) is 36.4 Å². The van der Waals surface area contributed by atoms with E-state index in [0.29, 0.717) is 28.0 Å². The van der Waals surface area contributed by atoms with E-state index in [4.69, 9.17) is 9.15 Å². The fourth-order valence-corrected chi connectivity index (χ4v) is 2.73. The van der Waals surface area contributed by atoms with E-state index < -0.39 is 6.10 Å². The zero-order chi connectivity index (χ0) is 14.4. The highest BCUT2D eigenvalue weighted by atomic mass is 16.5. The molecule has 0 saturated carbocycles. The van der Waals surface area contributed by atoms with Crippen molar-refractivity contribution in [3.05, 3.63) is 77.0 Å². The van der Waals surface area contributed by atoms with Gasteiger partial charge in [0.25, 0.3) is 0 Å². The smallest absolute Gasteiger partial charge is 0.200 e. The highest BCUT2D eigenvalue weighted by Gasteiger charge is 2.29. The van der Waals surface area contributed by atoms with Crippen molar-refractivity contribution >= 4 is 11.0 Å². The lowest BCUT2D eigenvalue weighted by atomic mass is 9.97. The van der Waals surface area contributed by atoms with Gasteiger partial charge in [0.1, 0.15) is 23.2 Å². The van der Waals surface area contributed by atoms with Crippen molar-refractivity contribution in [2.24, 2.45) is 0 Å². The maximum Gasteiger partial charge on any atom is 0.200 e. The Morgan fingerprint density at radius 2 is 1.81 bits per heavy atom. The minimum atomic E-state index is -0.490. The average molecular weight is 276 g/mol. The fraction of sp³-hybridized carbons (Fsp3) is 0.0556. The van der Waals surface area contributed by atoms with Crippen LogP contribution in [0.15, 0.2) is 70.4 Å². The Hall–Kier alpha value is -2.81. The quantitative estimate of drug-likeness (QED) is 0.629. The van der Waals surface area contributed by atoms with E-state index in [1.54, 1.807) is 18.2 Å². The molecule has 2 aromatic carbocycles. The molecule has 1 unspecified atom stereocenters. The summed E-state index contributed by atoms with van der Waals surface area (Å²) < 4.78 is 11.9. The average Bonchev–Trinajstić information content (AvgIpc) is 2.54. The zero-order valence-electron chi connectivity index (χ0n) is 11.2. The lowest BCUT2D eigenvalue weighted by Crippen LogP contribution is -2.21.